The van der Waals surface area contributed by atoms with Crippen LogP contribution in [0.1, 0.15) is 13.8 Å². The molecule has 11 heavy (non-hydrogen) atoms. The number of nitrogens with zero attached hydrogens (tertiary/aromatic N) is 1. The minimum Gasteiger partial charge on any atom is -0.259 e. The third kappa shape index (κ3) is 4.08. The highest BCUT2D eigenvalue weighted by atomic mass is 16.6. The zero-order valence-corrected chi connectivity index (χ0v) is 6.70. The van der Waals surface area contributed by atoms with Gasteiger partial charge in [0, 0.05) is 13.0 Å². The molecule has 0 aliphatic carbocycles. The van der Waals surface area contributed by atoms with Gasteiger partial charge >= 0.3 is 0 Å². The molecule has 0 N–H and O–H groups in total. The van der Waals surface area contributed by atoms with Gasteiger partial charge in [0.15, 0.2) is 0 Å². The summed E-state index contributed by atoms with van der Waals surface area (Å²) in [6, 6.07) is 0. The van der Waals surface area contributed by atoms with E-state index in [1.54, 1.807) is 19.1 Å². The van der Waals surface area contributed by atoms with E-state index in [1.807, 2.05) is 0 Å². The van der Waals surface area contributed by atoms with E-state index in [4.69, 9.17) is 0 Å². The highest BCUT2D eigenvalue weighted by Crippen LogP contribution is 2.01. The van der Waals surface area contributed by atoms with Gasteiger partial charge in [-0.15, -0.1) is 0 Å². The molecule has 0 fully saturated rings. The van der Waals surface area contributed by atoms with E-state index in [0.717, 1.165) is 5.57 Å². The first-order valence-corrected chi connectivity index (χ1v) is 3.20. The van der Waals surface area contributed by atoms with Crippen molar-refractivity contribution in [2.75, 3.05) is 0 Å². The molecule has 0 atom stereocenters. The molecular formula is C8H11NO2. The summed E-state index contributed by atoms with van der Waals surface area (Å²) >= 11 is 0. The molecule has 0 saturated heterocycles. The number of allylic oxidation sites excluding steroid dienone is 5. The van der Waals surface area contributed by atoms with Crippen molar-refractivity contribution >= 4 is 0 Å². The number of rotatable bonds is 3. The van der Waals surface area contributed by atoms with Crippen LogP contribution in [0.4, 0.5) is 0 Å². The van der Waals surface area contributed by atoms with Crippen LogP contribution in [-0.4, -0.2) is 4.92 Å². The second kappa shape index (κ2) is 4.44. The van der Waals surface area contributed by atoms with Crippen molar-refractivity contribution in [3.05, 3.63) is 46.2 Å². The molecular weight excluding hydrogens is 142 g/mol. The van der Waals surface area contributed by atoms with E-state index in [2.05, 4.69) is 6.58 Å². The van der Waals surface area contributed by atoms with Gasteiger partial charge in [-0.1, -0.05) is 18.7 Å². The average molecular weight is 153 g/mol. The summed E-state index contributed by atoms with van der Waals surface area (Å²) in [6.45, 7) is 6.72. The molecule has 0 saturated carbocycles. The lowest BCUT2D eigenvalue weighted by Crippen LogP contribution is -1.93. The molecule has 0 aliphatic heterocycles. The Morgan fingerprint density at radius 3 is 2.45 bits per heavy atom. The monoisotopic (exact) mass is 153 g/mol. The molecule has 0 aromatic carbocycles. The molecule has 3 nitrogen and oxygen atoms in total. The van der Waals surface area contributed by atoms with Gasteiger partial charge in [-0.2, -0.15) is 0 Å². The Hall–Kier alpha value is -1.38. The van der Waals surface area contributed by atoms with Crippen LogP contribution in [0.15, 0.2) is 36.1 Å². The third-order valence-electron chi connectivity index (χ3n) is 1.11. The molecule has 0 spiro atoms. The number of hydrogen-bond acceptors (Lipinski definition) is 2. The van der Waals surface area contributed by atoms with Gasteiger partial charge in [-0.05, 0) is 12.5 Å². The van der Waals surface area contributed by atoms with Gasteiger partial charge in [-0.25, -0.2) is 0 Å². The molecule has 0 radical (unpaired) electrons. The molecule has 0 aromatic heterocycles. The van der Waals surface area contributed by atoms with Crippen LogP contribution in [0.25, 0.3) is 0 Å². The molecule has 3 heteroatoms. The standard InChI is InChI=1S/C8H11NO2/c1-4-5-7(2)6-8(3)9(10)11/h4-6H,1H2,2-3H3/b7-5+,8-6+. The Kier molecular flexibility index (Phi) is 3.88. The Morgan fingerprint density at radius 1 is 1.55 bits per heavy atom. The molecule has 0 aliphatic rings. The number of nitro groups is 1. The van der Waals surface area contributed by atoms with Gasteiger partial charge < -0.3 is 0 Å². The predicted molar refractivity (Wildman–Crippen MR) is 44.7 cm³/mol. The summed E-state index contributed by atoms with van der Waals surface area (Å²) < 4.78 is 0. The lowest BCUT2D eigenvalue weighted by molar-refractivity contribution is -0.424. The minimum absolute atomic E-state index is 0.139. The Morgan fingerprint density at radius 2 is 2.09 bits per heavy atom. The third-order valence-corrected chi connectivity index (χ3v) is 1.11. The van der Waals surface area contributed by atoms with Crippen molar-refractivity contribution < 1.29 is 4.92 Å². The van der Waals surface area contributed by atoms with Gasteiger partial charge in [-0.3, -0.25) is 10.1 Å². The minimum atomic E-state index is -0.416. The number of hydrogen-bond donors (Lipinski definition) is 0. The summed E-state index contributed by atoms with van der Waals surface area (Å²) in [5, 5.41) is 10.1. The smallest absolute Gasteiger partial charge is 0.243 e. The molecule has 0 amide bonds. The fourth-order valence-electron chi connectivity index (χ4n) is 0.616. The first-order chi connectivity index (χ1) is 5.07. The van der Waals surface area contributed by atoms with Crippen molar-refractivity contribution in [1.29, 1.82) is 0 Å². The van der Waals surface area contributed by atoms with E-state index in [1.165, 1.54) is 13.0 Å². The first-order valence-electron chi connectivity index (χ1n) is 3.20. The summed E-state index contributed by atoms with van der Waals surface area (Å²) in [7, 11) is 0. The highest BCUT2D eigenvalue weighted by molar-refractivity contribution is 5.21. The van der Waals surface area contributed by atoms with Crippen molar-refractivity contribution in [2.45, 2.75) is 13.8 Å². The maximum atomic E-state index is 10.1. The van der Waals surface area contributed by atoms with E-state index in [9.17, 15) is 10.1 Å². The van der Waals surface area contributed by atoms with Crippen molar-refractivity contribution in [2.24, 2.45) is 0 Å². The Labute approximate surface area is 65.9 Å². The van der Waals surface area contributed by atoms with Crippen LogP contribution >= 0.6 is 0 Å². The summed E-state index contributed by atoms with van der Waals surface area (Å²) in [5.41, 5.74) is 0.967. The quantitative estimate of drug-likeness (QED) is 0.354. The topological polar surface area (TPSA) is 43.1 Å². The second-order valence-electron chi connectivity index (χ2n) is 2.19. The fourth-order valence-corrected chi connectivity index (χ4v) is 0.616. The van der Waals surface area contributed by atoms with Gasteiger partial charge in [0.25, 0.3) is 0 Å². The Balaban J connectivity index is 4.42. The molecule has 0 aromatic rings. The maximum Gasteiger partial charge on any atom is 0.243 e. The van der Waals surface area contributed by atoms with Crippen LogP contribution in [0.5, 0.6) is 0 Å². The Bertz CT molecular complexity index is 226. The van der Waals surface area contributed by atoms with E-state index >= 15 is 0 Å². The maximum absolute atomic E-state index is 10.1. The fraction of sp³-hybridized carbons (Fsp3) is 0.250. The van der Waals surface area contributed by atoms with Crippen LogP contribution in [0, 0.1) is 10.1 Å². The van der Waals surface area contributed by atoms with E-state index in [-0.39, 0.29) is 5.70 Å². The first kappa shape index (κ1) is 9.62. The zero-order valence-electron chi connectivity index (χ0n) is 6.70. The molecule has 60 valence electrons. The summed E-state index contributed by atoms with van der Waals surface area (Å²) in [4.78, 5) is 9.71. The van der Waals surface area contributed by atoms with Gasteiger partial charge in [0.2, 0.25) is 5.70 Å². The highest BCUT2D eigenvalue weighted by Gasteiger charge is 1.99. The lowest BCUT2D eigenvalue weighted by atomic mass is 10.2. The van der Waals surface area contributed by atoms with Crippen LogP contribution in [0.3, 0.4) is 0 Å². The van der Waals surface area contributed by atoms with Crippen LogP contribution in [-0.2, 0) is 0 Å². The van der Waals surface area contributed by atoms with Gasteiger partial charge in [0.1, 0.15) is 0 Å². The lowest BCUT2D eigenvalue weighted by Gasteiger charge is -1.89. The second-order valence-corrected chi connectivity index (χ2v) is 2.19. The van der Waals surface area contributed by atoms with E-state index < -0.39 is 4.92 Å². The zero-order chi connectivity index (χ0) is 8.85. The van der Waals surface area contributed by atoms with Crippen molar-refractivity contribution in [1.82, 2.24) is 0 Å². The van der Waals surface area contributed by atoms with Crippen LogP contribution < -0.4 is 0 Å². The van der Waals surface area contributed by atoms with Gasteiger partial charge in [0.05, 0.1) is 4.92 Å². The summed E-state index contributed by atoms with van der Waals surface area (Å²) in [6.07, 6.45) is 4.81. The predicted octanol–water partition coefficient (Wildman–Crippen LogP) is 2.30. The molecule has 0 heterocycles. The van der Waals surface area contributed by atoms with Crippen molar-refractivity contribution in [3.63, 3.8) is 0 Å². The molecule has 0 rings (SSSR count). The summed E-state index contributed by atoms with van der Waals surface area (Å²) in [5.74, 6) is 0. The molecule has 0 bridgehead atoms. The van der Waals surface area contributed by atoms with Crippen molar-refractivity contribution in [3.8, 4) is 0 Å². The largest absolute Gasteiger partial charge is 0.259 e. The van der Waals surface area contributed by atoms with E-state index in [0.29, 0.717) is 0 Å². The SMILES string of the molecule is C=C/C=C(C)/C=C(\C)[N+](=O)[O-]. The van der Waals surface area contributed by atoms with Crippen LogP contribution in [0.2, 0.25) is 0 Å². The normalized spacial score (nSPS) is 12.9. The average Bonchev–Trinajstić information content (AvgIpc) is 1.87. The molecule has 0 unspecified atom stereocenters.